The summed E-state index contributed by atoms with van der Waals surface area (Å²) in [4.78, 5) is 11.8. The second kappa shape index (κ2) is 19.5. The van der Waals surface area contributed by atoms with Gasteiger partial charge in [-0.3, -0.25) is 4.79 Å². The SMILES string of the molecule is C=CCOC(=O)CCC/C=C\C[C@H]1[C@H](COC(=S)NCc2cccc(Cl)c2)[C@@H](OC2CCCCO2)C[C@@H]1OC1CCCCO1. The highest BCUT2D eigenvalue weighted by molar-refractivity contribution is 7.80. The van der Waals surface area contributed by atoms with E-state index in [0.29, 0.717) is 29.8 Å². The van der Waals surface area contributed by atoms with Crippen molar-refractivity contribution in [2.75, 3.05) is 26.4 Å². The second-order valence-electron chi connectivity index (χ2n) is 11.7. The van der Waals surface area contributed by atoms with Gasteiger partial charge in [0, 0.05) is 43.5 Å². The maximum absolute atomic E-state index is 11.8. The minimum Gasteiger partial charge on any atom is -0.471 e. The molecule has 44 heavy (non-hydrogen) atoms. The van der Waals surface area contributed by atoms with E-state index in [0.717, 1.165) is 83.0 Å². The van der Waals surface area contributed by atoms with Gasteiger partial charge in [0.15, 0.2) is 12.6 Å². The number of thiocarbonyl (C=S) groups is 1. The number of carbonyl (C=O) groups excluding carboxylic acids is 1. The number of carbonyl (C=O) groups is 1. The molecule has 0 radical (unpaired) electrons. The van der Waals surface area contributed by atoms with Crippen molar-refractivity contribution in [3.05, 3.63) is 59.7 Å². The molecule has 2 saturated heterocycles. The van der Waals surface area contributed by atoms with Gasteiger partial charge in [-0.05, 0) is 93.6 Å². The molecular weight excluding hydrogens is 602 g/mol. The molecule has 244 valence electrons. The van der Waals surface area contributed by atoms with Gasteiger partial charge in [0.05, 0.1) is 18.8 Å². The lowest BCUT2D eigenvalue weighted by molar-refractivity contribution is -0.204. The quantitative estimate of drug-likeness (QED) is 0.0877. The Morgan fingerprint density at radius 2 is 1.75 bits per heavy atom. The summed E-state index contributed by atoms with van der Waals surface area (Å²) >= 11 is 11.7. The molecule has 2 aliphatic heterocycles. The van der Waals surface area contributed by atoms with Crippen LogP contribution in [0.2, 0.25) is 5.02 Å². The standard InChI is InChI=1S/C34H48ClNO7S/c1-2-18-38-31(37)15-6-4-3-5-14-27-28(24-41-34(44)36-23-25-12-11-13-26(35)21-25)30(43-33-17-8-10-20-40-33)22-29(27)42-32-16-7-9-19-39-32/h2-3,5,11-13,21,27-30,32-33H,1,4,6-10,14-20,22-24H2,(H,36,44)/b5-3-/t27-,28-,29-,30-,32?,33?/m0/s1. The molecule has 1 N–H and O–H groups in total. The molecular formula is C34H48ClNO7S. The molecule has 3 aliphatic rings. The van der Waals surface area contributed by atoms with E-state index < -0.39 is 0 Å². The molecule has 0 aromatic heterocycles. The van der Waals surface area contributed by atoms with E-state index >= 15 is 0 Å². The highest BCUT2D eigenvalue weighted by Crippen LogP contribution is 2.41. The first-order valence-electron chi connectivity index (χ1n) is 16.1. The summed E-state index contributed by atoms with van der Waals surface area (Å²) in [6.07, 6.45) is 14.9. The van der Waals surface area contributed by atoms with E-state index in [2.05, 4.69) is 24.0 Å². The fourth-order valence-electron chi connectivity index (χ4n) is 6.03. The number of benzene rings is 1. The Balaban J connectivity index is 1.39. The topological polar surface area (TPSA) is 84.5 Å². The van der Waals surface area contributed by atoms with Gasteiger partial charge >= 0.3 is 5.97 Å². The van der Waals surface area contributed by atoms with E-state index in [4.69, 9.17) is 52.2 Å². The number of allylic oxidation sites excluding steroid dienone is 2. The minimum atomic E-state index is -0.217. The van der Waals surface area contributed by atoms with Crippen molar-refractivity contribution in [1.82, 2.24) is 5.32 Å². The van der Waals surface area contributed by atoms with Gasteiger partial charge in [0.1, 0.15) is 6.61 Å². The molecule has 10 heteroatoms. The summed E-state index contributed by atoms with van der Waals surface area (Å²) in [7, 11) is 0. The van der Waals surface area contributed by atoms with Crippen molar-refractivity contribution in [2.45, 2.75) is 102 Å². The molecule has 0 bridgehead atoms. The predicted octanol–water partition coefficient (Wildman–Crippen LogP) is 7.04. The van der Waals surface area contributed by atoms with Crippen LogP contribution in [0.1, 0.15) is 76.2 Å². The zero-order chi connectivity index (χ0) is 31.0. The van der Waals surface area contributed by atoms with Crippen molar-refractivity contribution in [1.29, 1.82) is 0 Å². The van der Waals surface area contributed by atoms with Gasteiger partial charge in [0.2, 0.25) is 0 Å². The van der Waals surface area contributed by atoms with Crippen LogP contribution in [-0.2, 0) is 39.8 Å². The highest BCUT2D eigenvalue weighted by atomic mass is 35.5. The first-order valence-corrected chi connectivity index (χ1v) is 16.9. The molecule has 1 aromatic rings. The maximum atomic E-state index is 11.8. The Morgan fingerprint density at radius 3 is 2.41 bits per heavy atom. The summed E-state index contributed by atoms with van der Waals surface area (Å²) in [5.74, 6) is -0.0191. The van der Waals surface area contributed by atoms with Gasteiger partial charge in [-0.15, -0.1) is 0 Å². The van der Waals surface area contributed by atoms with E-state index in [9.17, 15) is 4.79 Å². The van der Waals surface area contributed by atoms with Gasteiger partial charge < -0.3 is 33.7 Å². The van der Waals surface area contributed by atoms with Crippen LogP contribution in [0.15, 0.2) is 49.1 Å². The van der Waals surface area contributed by atoms with Crippen LogP contribution in [0.5, 0.6) is 0 Å². The van der Waals surface area contributed by atoms with Gasteiger partial charge in [-0.2, -0.15) is 0 Å². The monoisotopic (exact) mass is 649 g/mol. The average molecular weight is 650 g/mol. The highest BCUT2D eigenvalue weighted by Gasteiger charge is 2.46. The lowest BCUT2D eigenvalue weighted by Crippen LogP contribution is -2.35. The lowest BCUT2D eigenvalue weighted by Gasteiger charge is -2.31. The molecule has 6 atom stereocenters. The Labute approximate surface area is 272 Å². The minimum absolute atomic E-state index is 0.0403. The summed E-state index contributed by atoms with van der Waals surface area (Å²) in [6.45, 7) is 6.21. The van der Waals surface area contributed by atoms with Gasteiger partial charge in [-0.25, -0.2) is 0 Å². The Hall–Kier alpha value is -2.01. The fraction of sp³-hybridized carbons (Fsp3) is 0.647. The van der Waals surface area contributed by atoms with E-state index in [-0.39, 0.29) is 49.2 Å². The molecule has 2 heterocycles. The van der Waals surface area contributed by atoms with Crippen LogP contribution in [0.25, 0.3) is 0 Å². The van der Waals surface area contributed by atoms with Crippen molar-refractivity contribution >= 4 is 35.0 Å². The van der Waals surface area contributed by atoms with Crippen LogP contribution in [0.3, 0.4) is 0 Å². The number of ether oxygens (including phenoxy) is 6. The van der Waals surface area contributed by atoms with E-state index in [1.807, 2.05) is 24.3 Å². The van der Waals surface area contributed by atoms with Crippen LogP contribution in [-0.4, -0.2) is 62.4 Å². The predicted molar refractivity (Wildman–Crippen MR) is 174 cm³/mol. The van der Waals surface area contributed by atoms with E-state index in [1.165, 1.54) is 0 Å². The van der Waals surface area contributed by atoms with Crippen molar-refractivity contribution in [3.8, 4) is 0 Å². The van der Waals surface area contributed by atoms with Crippen LogP contribution < -0.4 is 5.32 Å². The zero-order valence-electron chi connectivity index (χ0n) is 25.7. The van der Waals surface area contributed by atoms with Crippen molar-refractivity contribution < 1.29 is 33.2 Å². The zero-order valence-corrected chi connectivity index (χ0v) is 27.2. The summed E-state index contributed by atoms with van der Waals surface area (Å²) in [5.41, 5.74) is 1.03. The Morgan fingerprint density at radius 1 is 1.02 bits per heavy atom. The summed E-state index contributed by atoms with van der Waals surface area (Å²) < 4.78 is 36.4. The largest absolute Gasteiger partial charge is 0.471 e. The number of hydrogen-bond acceptors (Lipinski definition) is 8. The van der Waals surface area contributed by atoms with Crippen molar-refractivity contribution in [2.24, 2.45) is 11.8 Å². The normalized spacial score (nSPS) is 27.2. The third-order valence-corrected chi connectivity index (χ3v) is 8.82. The number of unbranched alkanes of at least 4 members (excludes halogenated alkanes) is 1. The van der Waals surface area contributed by atoms with Crippen LogP contribution in [0, 0.1) is 11.8 Å². The number of esters is 1. The lowest BCUT2D eigenvalue weighted by atomic mass is 9.90. The molecule has 1 aromatic carbocycles. The molecule has 8 nitrogen and oxygen atoms in total. The fourth-order valence-corrected chi connectivity index (χ4v) is 6.38. The number of hydrogen-bond donors (Lipinski definition) is 1. The summed E-state index contributed by atoms with van der Waals surface area (Å²) in [5, 5.41) is 4.23. The van der Waals surface area contributed by atoms with Crippen LogP contribution in [0.4, 0.5) is 0 Å². The molecule has 0 amide bonds. The third kappa shape index (κ3) is 12.1. The first kappa shape index (κ1) is 34.9. The Kier molecular flexibility index (Phi) is 15.4. The van der Waals surface area contributed by atoms with Crippen molar-refractivity contribution in [3.63, 3.8) is 0 Å². The van der Waals surface area contributed by atoms with E-state index in [1.54, 1.807) is 6.08 Å². The summed E-state index contributed by atoms with van der Waals surface area (Å²) in [6, 6.07) is 7.66. The average Bonchev–Trinajstić information content (AvgIpc) is 3.35. The number of nitrogens with one attached hydrogen (secondary N) is 1. The second-order valence-corrected chi connectivity index (χ2v) is 12.5. The smallest absolute Gasteiger partial charge is 0.306 e. The molecule has 2 unspecified atom stereocenters. The van der Waals surface area contributed by atoms with Gasteiger partial charge in [-0.1, -0.05) is 48.5 Å². The Bertz CT molecular complexity index is 1060. The third-order valence-electron chi connectivity index (χ3n) is 8.32. The van der Waals surface area contributed by atoms with Crippen LogP contribution >= 0.6 is 23.8 Å². The molecule has 0 spiro atoms. The maximum Gasteiger partial charge on any atom is 0.306 e. The first-order chi connectivity index (χ1) is 21.5. The number of halogens is 1. The molecule has 1 saturated carbocycles. The number of rotatable bonds is 16. The molecule has 4 rings (SSSR count). The molecule has 3 fully saturated rings. The van der Waals surface area contributed by atoms with Gasteiger partial charge in [0.25, 0.3) is 5.17 Å². The molecule has 1 aliphatic carbocycles.